The number of benzene rings is 8. The second-order valence-corrected chi connectivity index (χ2v) is 13.3. The summed E-state index contributed by atoms with van der Waals surface area (Å²) in [6.07, 6.45) is 0. The monoisotopic (exact) mass is 635 g/mol. The summed E-state index contributed by atoms with van der Waals surface area (Å²) < 4.78 is 0. The van der Waals surface area contributed by atoms with Gasteiger partial charge in [0.05, 0.1) is 5.41 Å². The van der Waals surface area contributed by atoms with E-state index in [9.17, 15) is 0 Å². The minimum atomic E-state index is -0.358. The van der Waals surface area contributed by atoms with Crippen molar-refractivity contribution >= 4 is 17.1 Å². The highest BCUT2D eigenvalue weighted by Crippen LogP contribution is 2.63. The van der Waals surface area contributed by atoms with E-state index >= 15 is 0 Å². The molecule has 0 N–H and O–H groups in total. The summed E-state index contributed by atoms with van der Waals surface area (Å²) in [5.74, 6) is 0. The molecule has 2 aliphatic rings. The van der Waals surface area contributed by atoms with E-state index in [1.807, 2.05) is 0 Å². The first-order valence-electron chi connectivity index (χ1n) is 17.4. The molecule has 1 nitrogen and oxygen atoms in total. The summed E-state index contributed by atoms with van der Waals surface area (Å²) in [6.45, 7) is 0. The van der Waals surface area contributed by atoms with Crippen LogP contribution in [0.1, 0.15) is 22.3 Å². The minimum absolute atomic E-state index is 0.358. The summed E-state index contributed by atoms with van der Waals surface area (Å²) in [6, 6.07) is 73.4. The fraction of sp³-hybridized carbons (Fsp3) is 0.0204. The highest BCUT2D eigenvalue weighted by atomic mass is 15.1. The van der Waals surface area contributed by atoms with Crippen LogP contribution in [0.2, 0.25) is 0 Å². The molecular formula is C49H33N. The SMILES string of the molecule is c1ccc(-c2cccc(N(c3cccc(-c4ccccc4)c3)c3ccc4c(c3)-c3ccccc3C43c4ccccc4-c4ccccc43)c2)cc1. The van der Waals surface area contributed by atoms with Gasteiger partial charge in [-0.05, 0) is 103 Å². The molecule has 0 saturated heterocycles. The maximum atomic E-state index is 2.43. The van der Waals surface area contributed by atoms with Crippen LogP contribution in [0.25, 0.3) is 44.5 Å². The highest BCUT2D eigenvalue weighted by Gasteiger charge is 2.51. The van der Waals surface area contributed by atoms with E-state index in [1.54, 1.807) is 0 Å². The Balaban J connectivity index is 1.21. The second kappa shape index (κ2) is 11.3. The van der Waals surface area contributed by atoms with E-state index in [4.69, 9.17) is 0 Å². The molecule has 0 aromatic heterocycles. The topological polar surface area (TPSA) is 3.24 Å². The van der Waals surface area contributed by atoms with Crippen molar-refractivity contribution in [3.8, 4) is 44.5 Å². The molecule has 10 rings (SSSR count). The Morgan fingerprint density at radius 1 is 0.260 bits per heavy atom. The van der Waals surface area contributed by atoms with E-state index in [2.05, 4.69) is 205 Å². The van der Waals surface area contributed by atoms with Crippen molar-refractivity contribution < 1.29 is 0 Å². The summed E-state index contributed by atoms with van der Waals surface area (Å²) in [7, 11) is 0. The summed E-state index contributed by atoms with van der Waals surface area (Å²) in [5.41, 5.74) is 18.5. The molecule has 0 amide bonds. The van der Waals surface area contributed by atoms with Gasteiger partial charge in [0.1, 0.15) is 0 Å². The molecule has 50 heavy (non-hydrogen) atoms. The molecule has 8 aromatic carbocycles. The van der Waals surface area contributed by atoms with Crippen LogP contribution in [0, 0.1) is 0 Å². The van der Waals surface area contributed by atoms with Crippen LogP contribution in [0.15, 0.2) is 200 Å². The third-order valence-corrected chi connectivity index (χ3v) is 10.7. The van der Waals surface area contributed by atoms with Crippen molar-refractivity contribution in [3.63, 3.8) is 0 Å². The molecule has 1 spiro atoms. The van der Waals surface area contributed by atoms with E-state index in [1.165, 1.54) is 66.8 Å². The smallest absolute Gasteiger partial charge is 0.0725 e. The lowest BCUT2D eigenvalue weighted by Crippen LogP contribution is -2.25. The lowest BCUT2D eigenvalue weighted by atomic mass is 9.70. The van der Waals surface area contributed by atoms with Gasteiger partial charge in [-0.25, -0.2) is 0 Å². The summed E-state index contributed by atoms with van der Waals surface area (Å²) in [4.78, 5) is 2.42. The molecule has 0 bridgehead atoms. The average molecular weight is 636 g/mol. The number of fused-ring (bicyclic) bond motifs is 10. The van der Waals surface area contributed by atoms with Crippen molar-refractivity contribution in [1.82, 2.24) is 0 Å². The number of hydrogen-bond donors (Lipinski definition) is 0. The Bertz CT molecular complexity index is 2420. The number of anilines is 3. The zero-order valence-electron chi connectivity index (χ0n) is 27.5. The van der Waals surface area contributed by atoms with Crippen molar-refractivity contribution in [3.05, 3.63) is 222 Å². The lowest BCUT2D eigenvalue weighted by Gasteiger charge is -2.31. The van der Waals surface area contributed by atoms with Gasteiger partial charge < -0.3 is 4.90 Å². The zero-order valence-corrected chi connectivity index (χ0v) is 27.5. The normalized spacial score (nSPS) is 13.0. The number of hydrogen-bond acceptors (Lipinski definition) is 1. The van der Waals surface area contributed by atoms with Crippen LogP contribution < -0.4 is 4.90 Å². The highest BCUT2D eigenvalue weighted by molar-refractivity contribution is 5.96. The quantitative estimate of drug-likeness (QED) is 0.182. The molecule has 1 heteroatoms. The molecule has 0 atom stereocenters. The summed E-state index contributed by atoms with van der Waals surface area (Å²) in [5, 5.41) is 0. The van der Waals surface area contributed by atoms with Gasteiger partial charge in [-0.3, -0.25) is 0 Å². The Hall–Kier alpha value is -6.44. The lowest BCUT2D eigenvalue weighted by molar-refractivity contribution is 0.794. The van der Waals surface area contributed by atoms with Gasteiger partial charge in [0.15, 0.2) is 0 Å². The van der Waals surface area contributed by atoms with Crippen molar-refractivity contribution in [2.75, 3.05) is 4.90 Å². The van der Waals surface area contributed by atoms with Crippen LogP contribution in [-0.2, 0) is 5.41 Å². The Labute approximate surface area is 293 Å². The molecule has 8 aromatic rings. The third kappa shape index (κ3) is 4.20. The summed E-state index contributed by atoms with van der Waals surface area (Å²) >= 11 is 0. The molecule has 2 aliphatic carbocycles. The maximum Gasteiger partial charge on any atom is 0.0725 e. The molecule has 0 fully saturated rings. The molecular weight excluding hydrogens is 603 g/mol. The van der Waals surface area contributed by atoms with Crippen LogP contribution in [0.5, 0.6) is 0 Å². The van der Waals surface area contributed by atoms with Gasteiger partial charge in [-0.1, -0.05) is 164 Å². The maximum absolute atomic E-state index is 2.43. The first-order valence-corrected chi connectivity index (χ1v) is 17.4. The Morgan fingerprint density at radius 2 is 0.640 bits per heavy atom. The number of nitrogens with zero attached hydrogens (tertiary/aromatic N) is 1. The predicted molar refractivity (Wildman–Crippen MR) is 208 cm³/mol. The Kier molecular flexibility index (Phi) is 6.47. The molecule has 0 unspecified atom stereocenters. The van der Waals surface area contributed by atoms with Crippen molar-refractivity contribution in [1.29, 1.82) is 0 Å². The minimum Gasteiger partial charge on any atom is -0.310 e. The van der Waals surface area contributed by atoms with Gasteiger partial charge in [0, 0.05) is 17.1 Å². The zero-order chi connectivity index (χ0) is 33.1. The first-order chi connectivity index (χ1) is 24.8. The third-order valence-electron chi connectivity index (χ3n) is 10.7. The number of rotatable bonds is 5. The van der Waals surface area contributed by atoms with Gasteiger partial charge in [0.2, 0.25) is 0 Å². The fourth-order valence-corrected chi connectivity index (χ4v) is 8.58. The molecule has 0 saturated carbocycles. The first kappa shape index (κ1) is 28.6. The molecule has 234 valence electrons. The van der Waals surface area contributed by atoms with Crippen LogP contribution in [0.3, 0.4) is 0 Å². The average Bonchev–Trinajstić information content (AvgIpc) is 3.66. The van der Waals surface area contributed by atoms with E-state index in [0.717, 1.165) is 17.1 Å². The van der Waals surface area contributed by atoms with Crippen molar-refractivity contribution in [2.45, 2.75) is 5.41 Å². The van der Waals surface area contributed by atoms with Gasteiger partial charge in [-0.15, -0.1) is 0 Å². The van der Waals surface area contributed by atoms with Crippen molar-refractivity contribution in [2.24, 2.45) is 0 Å². The standard InChI is InChI=1S/C49H33N/c1-3-15-34(16-4-1)36-19-13-21-38(31-36)50(39-22-14-20-37(32-39)35-17-5-2-6-18-35)40-29-30-48-44(33-40)43-25-9-12-28-47(43)49(48)45-26-10-7-23-41(45)42-24-8-11-27-46(42)49/h1-33H. The predicted octanol–water partition coefficient (Wildman–Crippen LogP) is 12.8. The van der Waals surface area contributed by atoms with Crippen LogP contribution >= 0.6 is 0 Å². The largest absolute Gasteiger partial charge is 0.310 e. The second-order valence-electron chi connectivity index (χ2n) is 13.3. The van der Waals surface area contributed by atoms with Gasteiger partial charge in [0.25, 0.3) is 0 Å². The van der Waals surface area contributed by atoms with Gasteiger partial charge >= 0.3 is 0 Å². The van der Waals surface area contributed by atoms with Crippen LogP contribution in [0.4, 0.5) is 17.1 Å². The molecule has 0 heterocycles. The molecule has 0 aliphatic heterocycles. The van der Waals surface area contributed by atoms with E-state index < -0.39 is 0 Å². The van der Waals surface area contributed by atoms with E-state index in [-0.39, 0.29) is 5.41 Å². The molecule has 0 radical (unpaired) electrons. The Morgan fingerprint density at radius 3 is 1.14 bits per heavy atom. The van der Waals surface area contributed by atoms with Crippen LogP contribution in [-0.4, -0.2) is 0 Å². The van der Waals surface area contributed by atoms with Gasteiger partial charge in [-0.2, -0.15) is 0 Å². The fourth-order valence-electron chi connectivity index (χ4n) is 8.58. The van der Waals surface area contributed by atoms with E-state index in [0.29, 0.717) is 0 Å².